The molecule has 1 fully saturated rings. The second kappa shape index (κ2) is 8.99. The van der Waals surface area contributed by atoms with E-state index in [1.165, 1.54) is 16.7 Å². The van der Waals surface area contributed by atoms with Crippen molar-refractivity contribution in [1.82, 2.24) is 4.90 Å². The number of carbonyl (C=O) groups is 1. The van der Waals surface area contributed by atoms with Crippen LogP contribution in [0.4, 0.5) is 0 Å². The lowest BCUT2D eigenvalue weighted by molar-refractivity contribution is -0.121. The van der Waals surface area contributed by atoms with Gasteiger partial charge in [-0.15, -0.1) is 0 Å². The highest BCUT2D eigenvalue weighted by Gasteiger charge is 2.29. The molecule has 28 heavy (non-hydrogen) atoms. The molecule has 3 rings (SSSR count). The fourth-order valence-electron chi connectivity index (χ4n) is 2.62. The van der Waals surface area contributed by atoms with Gasteiger partial charge in [-0.05, 0) is 55.3 Å². The fourth-order valence-corrected chi connectivity index (χ4v) is 3.97. The van der Waals surface area contributed by atoms with Crippen LogP contribution in [-0.4, -0.2) is 35.4 Å². The van der Waals surface area contributed by atoms with Gasteiger partial charge in [0.1, 0.15) is 29.0 Å². The van der Waals surface area contributed by atoms with Crippen LogP contribution in [0.2, 0.25) is 5.02 Å². The summed E-state index contributed by atoms with van der Waals surface area (Å²) in [6, 6.07) is 11.4. The van der Waals surface area contributed by atoms with E-state index in [0.717, 1.165) is 22.4 Å². The number of amides is 1. The molecule has 2 aromatic rings. The summed E-state index contributed by atoms with van der Waals surface area (Å²) in [7, 11) is 1.67. The van der Waals surface area contributed by atoms with Crippen molar-refractivity contribution in [3.05, 3.63) is 63.0 Å². The van der Waals surface area contributed by atoms with Crippen LogP contribution in [-0.2, 0) is 4.79 Å². The number of ether oxygens (including phenoxy) is 2. The summed E-state index contributed by atoms with van der Waals surface area (Å²) in [4.78, 5) is 14.2. The highest BCUT2D eigenvalue weighted by atomic mass is 35.5. The largest absolute Gasteiger partial charge is 0.490 e. The van der Waals surface area contributed by atoms with Crippen molar-refractivity contribution < 1.29 is 14.3 Å². The second-order valence-corrected chi connectivity index (χ2v) is 8.50. The van der Waals surface area contributed by atoms with Gasteiger partial charge in [-0.25, -0.2) is 0 Å². The van der Waals surface area contributed by atoms with Crippen LogP contribution in [0.15, 0.2) is 41.3 Å². The first-order valence-corrected chi connectivity index (χ1v) is 10.3. The number of benzene rings is 2. The molecule has 1 aliphatic rings. The molecule has 0 aromatic heterocycles. The molecule has 1 heterocycles. The Morgan fingerprint density at radius 2 is 1.82 bits per heavy atom. The Morgan fingerprint density at radius 1 is 1.11 bits per heavy atom. The van der Waals surface area contributed by atoms with Crippen LogP contribution in [0.5, 0.6) is 11.5 Å². The summed E-state index contributed by atoms with van der Waals surface area (Å²) in [5.41, 5.74) is 2.96. The number of likely N-dealkylation sites (N-methyl/N-ethyl adjacent to an activating group) is 1. The first-order valence-electron chi connectivity index (χ1n) is 8.69. The average molecular weight is 434 g/mol. The predicted molar refractivity (Wildman–Crippen MR) is 119 cm³/mol. The minimum Gasteiger partial charge on any atom is -0.490 e. The van der Waals surface area contributed by atoms with Gasteiger partial charge in [0.2, 0.25) is 0 Å². The number of thioether (sulfide) groups is 1. The smallest absolute Gasteiger partial charge is 0.265 e. The Kier molecular flexibility index (Phi) is 6.65. The van der Waals surface area contributed by atoms with Crippen molar-refractivity contribution in [2.75, 3.05) is 20.3 Å². The fraction of sp³-hybridized carbons (Fsp3) is 0.238. The lowest BCUT2D eigenvalue weighted by Gasteiger charge is -2.13. The van der Waals surface area contributed by atoms with Gasteiger partial charge in [-0.3, -0.25) is 9.69 Å². The van der Waals surface area contributed by atoms with Crippen LogP contribution < -0.4 is 9.47 Å². The molecular weight excluding hydrogens is 414 g/mol. The number of hydrogen-bond acceptors (Lipinski definition) is 5. The van der Waals surface area contributed by atoms with E-state index in [4.69, 9.17) is 33.3 Å². The molecule has 4 nitrogen and oxygen atoms in total. The number of hydrogen-bond donors (Lipinski definition) is 0. The maximum Gasteiger partial charge on any atom is 0.265 e. The summed E-state index contributed by atoms with van der Waals surface area (Å²) < 4.78 is 12.3. The van der Waals surface area contributed by atoms with Crippen molar-refractivity contribution in [2.24, 2.45) is 0 Å². The number of halogens is 1. The van der Waals surface area contributed by atoms with E-state index in [0.29, 0.717) is 33.2 Å². The minimum atomic E-state index is -0.126. The average Bonchev–Trinajstić information content (AvgIpc) is 2.89. The van der Waals surface area contributed by atoms with Crippen LogP contribution in [0.3, 0.4) is 0 Å². The number of nitrogens with zero attached hydrogens (tertiary/aromatic N) is 1. The lowest BCUT2D eigenvalue weighted by Crippen LogP contribution is -2.22. The quantitative estimate of drug-likeness (QED) is 0.353. The Balaban J connectivity index is 1.69. The first-order chi connectivity index (χ1) is 13.3. The Bertz CT molecular complexity index is 959. The molecule has 1 aliphatic heterocycles. The van der Waals surface area contributed by atoms with Gasteiger partial charge in [0.05, 0.1) is 4.91 Å². The summed E-state index contributed by atoms with van der Waals surface area (Å²) >= 11 is 12.6. The molecule has 0 N–H and O–H groups in total. The molecule has 0 bridgehead atoms. The third-order valence-corrected chi connectivity index (χ3v) is 5.91. The number of aryl methyl sites for hydroxylation is 2. The highest BCUT2D eigenvalue weighted by molar-refractivity contribution is 8.26. The molecular formula is C21H20ClNO3S2. The molecule has 1 amide bonds. The van der Waals surface area contributed by atoms with Gasteiger partial charge in [0, 0.05) is 17.6 Å². The van der Waals surface area contributed by atoms with Gasteiger partial charge in [-0.2, -0.15) is 0 Å². The van der Waals surface area contributed by atoms with Crippen molar-refractivity contribution in [1.29, 1.82) is 0 Å². The highest BCUT2D eigenvalue weighted by Crippen LogP contribution is 2.34. The third kappa shape index (κ3) is 4.87. The second-order valence-electron chi connectivity index (χ2n) is 6.39. The van der Waals surface area contributed by atoms with Crippen molar-refractivity contribution in [3.63, 3.8) is 0 Å². The van der Waals surface area contributed by atoms with E-state index in [-0.39, 0.29) is 5.91 Å². The third-order valence-electron chi connectivity index (χ3n) is 4.19. The van der Waals surface area contributed by atoms with E-state index in [1.807, 2.05) is 26.0 Å². The summed E-state index contributed by atoms with van der Waals surface area (Å²) in [5.74, 6) is 1.36. The van der Waals surface area contributed by atoms with Gasteiger partial charge >= 0.3 is 0 Å². The zero-order valence-corrected chi connectivity index (χ0v) is 18.2. The molecule has 0 spiro atoms. The molecule has 7 heteroatoms. The molecule has 0 saturated carbocycles. The maximum absolute atomic E-state index is 12.2. The minimum absolute atomic E-state index is 0.126. The molecule has 146 valence electrons. The van der Waals surface area contributed by atoms with Gasteiger partial charge in [0.25, 0.3) is 5.91 Å². The number of carbonyl (C=O) groups excluding carboxylic acids is 1. The van der Waals surface area contributed by atoms with E-state index >= 15 is 0 Å². The first kappa shape index (κ1) is 20.7. The Hall–Kier alpha value is -2.02. The molecule has 0 radical (unpaired) electrons. The zero-order valence-electron chi connectivity index (χ0n) is 15.8. The van der Waals surface area contributed by atoms with Crippen LogP contribution in [0.25, 0.3) is 6.08 Å². The van der Waals surface area contributed by atoms with Crippen molar-refractivity contribution in [2.45, 2.75) is 13.8 Å². The SMILES string of the molecule is Cc1ccc(C)c(OCCOc2ccc(Cl)cc2C=C2SC(=S)N(C)C2=O)c1. The lowest BCUT2D eigenvalue weighted by atomic mass is 10.1. The van der Waals surface area contributed by atoms with Crippen molar-refractivity contribution >= 4 is 51.9 Å². The van der Waals surface area contributed by atoms with Gasteiger partial charge in [-0.1, -0.05) is 47.7 Å². The van der Waals surface area contributed by atoms with Crippen LogP contribution in [0.1, 0.15) is 16.7 Å². The maximum atomic E-state index is 12.2. The van der Waals surface area contributed by atoms with Gasteiger partial charge < -0.3 is 9.47 Å². The normalized spacial score (nSPS) is 15.4. The zero-order chi connectivity index (χ0) is 20.3. The van der Waals surface area contributed by atoms with Crippen LogP contribution >= 0.6 is 35.6 Å². The molecule has 0 atom stereocenters. The monoisotopic (exact) mass is 433 g/mol. The molecule has 2 aromatic carbocycles. The molecule has 0 aliphatic carbocycles. The van der Waals surface area contributed by atoms with Gasteiger partial charge in [0.15, 0.2) is 0 Å². The van der Waals surface area contributed by atoms with Crippen molar-refractivity contribution in [3.8, 4) is 11.5 Å². The molecule has 1 saturated heterocycles. The number of thiocarbonyl (C=S) groups is 1. The Morgan fingerprint density at radius 3 is 2.50 bits per heavy atom. The van der Waals surface area contributed by atoms with Crippen LogP contribution in [0, 0.1) is 13.8 Å². The summed E-state index contributed by atoms with van der Waals surface area (Å²) in [5, 5.41) is 0.567. The summed E-state index contributed by atoms with van der Waals surface area (Å²) in [6.07, 6.45) is 1.76. The van der Waals surface area contributed by atoms with E-state index in [9.17, 15) is 4.79 Å². The predicted octanol–water partition coefficient (Wildman–Crippen LogP) is 5.25. The van der Waals surface area contributed by atoms with E-state index in [1.54, 1.807) is 31.3 Å². The summed E-state index contributed by atoms with van der Waals surface area (Å²) in [6.45, 7) is 4.81. The van der Waals surface area contributed by atoms with E-state index < -0.39 is 0 Å². The molecule has 0 unspecified atom stereocenters. The standard InChI is InChI=1S/C21H20ClNO3S2/c1-13-4-5-14(2)18(10-13)26-9-8-25-17-7-6-16(22)11-15(17)12-19-20(24)23(3)21(27)28-19/h4-7,10-12H,8-9H2,1-3H3. The Labute approximate surface area is 179 Å². The van der Waals surface area contributed by atoms with E-state index in [2.05, 4.69) is 6.07 Å². The topological polar surface area (TPSA) is 38.8 Å². The number of rotatable bonds is 6.